The molecule has 12 heteroatoms. The fourth-order valence-corrected chi connectivity index (χ4v) is 5.67. The van der Waals surface area contributed by atoms with E-state index < -0.39 is 22.0 Å². The van der Waals surface area contributed by atoms with Gasteiger partial charge in [-0.1, -0.05) is 19.9 Å². The number of carbonyl (C=O) groups excluding carboxylic acids is 1. The lowest BCUT2D eigenvalue weighted by molar-refractivity contribution is -0.142. The molecule has 0 bridgehead atoms. The molecule has 1 saturated heterocycles. The van der Waals surface area contributed by atoms with Crippen LogP contribution in [0.4, 0.5) is 0 Å². The average molecular weight is 570 g/mol. The molecule has 1 amide bonds. The summed E-state index contributed by atoms with van der Waals surface area (Å²) in [7, 11) is 0.928. The van der Waals surface area contributed by atoms with Gasteiger partial charge in [-0.05, 0) is 69.0 Å². The number of carbonyl (C=O) groups is 2. The van der Waals surface area contributed by atoms with E-state index in [-0.39, 0.29) is 24.2 Å². The molecule has 2 heterocycles. The number of nitrogens with one attached hydrogen (secondary N) is 2. The van der Waals surface area contributed by atoms with E-state index in [1.165, 1.54) is 12.5 Å². The third-order valence-corrected chi connectivity index (χ3v) is 7.83. The summed E-state index contributed by atoms with van der Waals surface area (Å²) in [4.78, 5) is 26.6. The van der Waals surface area contributed by atoms with Crippen molar-refractivity contribution in [1.82, 2.24) is 19.5 Å². The van der Waals surface area contributed by atoms with Crippen LogP contribution in [0, 0.1) is 5.92 Å². The molecule has 1 aliphatic heterocycles. The van der Waals surface area contributed by atoms with Crippen molar-refractivity contribution in [1.29, 1.82) is 0 Å². The second kappa shape index (κ2) is 17.2. The van der Waals surface area contributed by atoms with Gasteiger partial charge in [0, 0.05) is 50.2 Å². The molecule has 1 aromatic carbocycles. The van der Waals surface area contributed by atoms with Crippen molar-refractivity contribution in [2.75, 3.05) is 46.9 Å². The van der Waals surface area contributed by atoms with Crippen molar-refractivity contribution < 1.29 is 28.2 Å². The SMILES string of the molecule is CC(=O)NC(CC(C)C)C(=O)O.CN(C)CCc1c[nH]c2ccc(CS(=O)(=O)N3CCCC3)cc12.NCCO. The summed E-state index contributed by atoms with van der Waals surface area (Å²) >= 11 is 0. The number of amides is 1. The van der Waals surface area contributed by atoms with E-state index in [9.17, 15) is 18.0 Å². The zero-order valence-corrected chi connectivity index (χ0v) is 24.8. The van der Waals surface area contributed by atoms with Gasteiger partial charge in [-0.25, -0.2) is 17.5 Å². The highest BCUT2D eigenvalue weighted by molar-refractivity contribution is 7.88. The largest absolute Gasteiger partial charge is 0.480 e. The van der Waals surface area contributed by atoms with Crippen LogP contribution in [0.1, 0.15) is 51.2 Å². The maximum atomic E-state index is 12.5. The number of aliphatic carboxylic acids is 1. The Morgan fingerprint density at radius 1 is 1.21 bits per heavy atom. The number of aromatic nitrogens is 1. The molecule has 1 unspecified atom stereocenters. The first-order valence-corrected chi connectivity index (χ1v) is 14.9. The van der Waals surface area contributed by atoms with Gasteiger partial charge in [0.15, 0.2) is 0 Å². The van der Waals surface area contributed by atoms with E-state index in [2.05, 4.69) is 29.3 Å². The molecular formula is C27H47N5O6S. The van der Waals surface area contributed by atoms with Gasteiger partial charge in [0.25, 0.3) is 0 Å². The highest BCUT2D eigenvalue weighted by Crippen LogP contribution is 2.23. The summed E-state index contributed by atoms with van der Waals surface area (Å²) in [5.41, 5.74) is 7.96. The standard InChI is InChI=1S/C17H25N3O2S.C8H15NO3.C2H7NO/c1-19(2)10-7-15-12-18-17-6-5-14(11-16(15)17)13-23(21,22)20-8-3-4-9-20;1-5(2)4-7(8(11)12)9-6(3)10;3-1-2-4/h5-6,11-12,18H,3-4,7-10,13H2,1-2H3;5,7H,4H2,1-3H3,(H,9,10)(H,11,12);4H,1-3H2. The van der Waals surface area contributed by atoms with E-state index in [0.717, 1.165) is 42.3 Å². The monoisotopic (exact) mass is 569 g/mol. The minimum absolute atomic E-state index is 0.0972. The molecule has 1 aliphatic rings. The summed E-state index contributed by atoms with van der Waals surface area (Å²) in [6.45, 7) is 7.93. The van der Waals surface area contributed by atoms with Crippen molar-refractivity contribution >= 4 is 32.8 Å². The number of H-pyrrole nitrogens is 1. The van der Waals surface area contributed by atoms with Gasteiger partial charge >= 0.3 is 5.97 Å². The Bertz CT molecular complexity index is 1120. The third kappa shape index (κ3) is 12.9. The van der Waals surface area contributed by atoms with Gasteiger partial charge in [-0.3, -0.25) is 4.79 Å². The van der Waals surface area contributed by atoms with Gasteiger partial charge in [-0.2, -0.15) is 0 Å². The van der Waals surface area contributed by atoms with Crippen LogP contribution in [-0.2, 0) is 31.8 Å². The number of likely N-dealkylation sites (N-methyl/N-ethyl adjacent to an activating group) is 1. The summed E-state index contributed by atoms with van der Waals surface area (Å²) in [6.07, 6.45) is 5.41. The summed E-state index contributed by atoms with van der Waals surface area (Å²) < 4.78 is 26.6. The minimum Gasteiger partial charge on any atom is -0.480 e. The van der Waals surface area contributed by atoms with Crippen LogP contribution in [0.3, 0.4) is 0 Å². The first kappa shape index (κ1) is 34.5. The summed E-state index contributed by atoms with van der Waals surface area (Å²) in [6, 6.07) is 5.19. The quantitative estimate of drug-likeness (QED) is 0.273. The van der Waals surface area contributed by atoms with E-state index >= 15 is 0 Å². The van der Waals surface area contributed by atoms with Gasteiger partial charge in [0.05, 0.1) is 12.4 Å². The first-order valence-electron chi connectivity index (χ1n) is 13.3. The number of aromatic amines is 1. The Balaban J connectivity index is 0.000000401. The minimum atomic E-state index is -3.19. The molecule has 11 nitrogen and oxygen atoms in total. The Hall–Kier alpha value is -2.51. The first-order chi connectivity index (χ1) is 18.3. The average Bonchev–Trinajstić information content (AvgIpc) is 3.53. The van der Waals surface area contributed by atoms with Crippen molar-refractivity contribution in [2.45, 2.75) is 58.2 Å². The molecule has 222 valence electrons. The number of aliphatic hydroxyl groups is 1. The van der Waals surface area contributed by atoms with E-state index in [1.807, 2.05) is 38.2 Å². The van der Waals surface area contributed by atoms with Crippen LogP contribution in [0.25, 0.3) is 10.9 Å². The Kier molecular flexibility index (Phi) is 15.3. The smallest absolute Gasteiger partial charge is 0.326 e. The maximum absolute atomic E-state index is 12.5. The van der Waals surface area contributed by atoms with Crippen LogP contribution in [-0.4, -0.2) is 97.6 Å². The molecule has 39 heavy (non-hydrogen) atoms. The number of benzene rings is 1. The topological polar surface area (TPSA) is 169 Å². The number of hydrogen-bond donors (Lipinski definition) is 5. The van der Waals surface area contributed by atoms with Crippen molar-refractivity contribution in [2.24, 2.45) is 11.7 Å². The molecule has 2 aromatic rings. The Morgan fingerprint density at radius 3 is 2.31 bits per heavy atom. The fraction of sp³-hybridized carbons (Fsp3) is 0.630. The fourth-order valence-electron chi connectivity index (χ4n) is 4.07. The van der Waals surface area contributed by atoms with E-state index in [4.69, 9.17) is 15.9 Å². The zero-order valence-electron chi connectivity index (χ0n) is 23.9. The normalized spacial score (nSPS) is 14.5. The molecule has 1 fully saturated rings. The Morgan fingerprint density at radius 2 is 1.82 bits per heavy atom. The number of sulfonamides is 1. The lowest BCUT2D eigenvalue weighted by Crippen LogP contribution is -2.40. The number of nitrogens with two attached hydrogens (primary N) is 1. The van der Waals surface area contributed by atoms with Crippen molar-refractivity contribution in [3.63, 3.8) is 0 Å². The van der Waals surface area contributed by atoms with Crippen LogP contribution < -0.4 is 11.1 Å². The third-order valence-electron chi connectivity index (χ3n) is 5.98. The predicted molar refractivity (Wildman–Crippen MR) is 155 cm³/mol. The van der Waals surface area contributed by atoms with Gasteiger partial charge < -0.3 is 31.1 Å². The summed E-state index contributed by atoms with van der Waals surface area (Å²) in [5, 5.41) is 19.9. The zero-order chi connectivity index (χ0) is 29.6. The van der Waals surface area contributed by atoms with Crippen LogP contribution in [0.15, 0.2) is 24.4 Å². The van der Waals surface area contributed by atoms with Crippen molar-refractivity contribution in [3.8, 4) is 0 Å². The highest BCUT2D eigenvalue weighted by Gasteiger charge is 2.25. The molecule has 3 rings (SSSR count). The Labute approximate surface area is 232 Å². The lowest BCUT2D eigenvalue weighted by atomic mass is 10.0. The number of carboxylic acids is 1. The highest BCUT2D eigenvalue weighted by atomic mass is 32.2. The molecule has 6 N–H and O–H groups in total. The molecule has 1 aromatic heterocycles. The van der Waals surface area contributed by atoms with Crippen LogP contribution in [0.5, 0.6) is 0 Å². The molecule has 1 atom stereocenters. The van der Waals surface area contributed by atoms with Gasteiger partial charge in [-0.15, -0.1) is 0 Å². The number of hydrogen-bond acceptors (Lipinski definition) is 7. The van der Waals surface area contributed by atoms with Gasteiger partial charge in [0.2, 0.25) is 15.9 Å². The number of fused-ring (bicyclic) bond motifs is 1. The number of carboxylic acid groups (broad SMARTS) is 1. The second-order valence-electron chi connectivity index (χ2n) is 10.3. The van der Waals surface area contributed by atoms with Crippen LogP contribution in [0.2, 0.25) is 0 Å². The second-order valence-corrected chi connectivity index (χ2v) is 12.3. The molecule has 0 radical (unpaired) electrons. The molecule has 0 spiro atoms. The molecule has 0 saturated carbocycles. The number of nitrogens with zero attached hydrogens (tertiary/aromatic N) is 2. The van der Waals surface area contributed by atoms with Crippen LogP contribution >= 0.6 is 0 Å². The van der Waals surface area contributed by atoms with Crippen molar-refractivity contribution in [3.05, 3.63) is 35.5 Å². The summed E-state index contributed by atoms with van der Waals surface area (Å²) in [5.74, 6) is -0.916. The van der Waals surface area contributed by atoms with E-state index in [0.29, 0.717) is 26.1 Å². The van der Waals surface area contributed by atoms with E-state index in [1.54, 1.807) is 4.31 Å². The maximum Gasteiger partial charge on any atom is 0.326 e. The molecular weight excluding hydrogens is 522 g/mol. The lowest BCUT2D eigenvalue weighted by Gasteiger charge is -2.15. The number of rotatable bonds is 11. The predicted octanol–water partition coefficient (Wildman–Crippen LogP) is 1.76. The number of aliphatic hydroxyl groups excluding tert-OH is 1. The van der Waals surface area contributed by atoms with Gasteiger partial charge in [0.1, 0.15) is 6.04 Å². The molecule has 0 aliphatic carbocycles.